The number of benzene rings is 2. The maximum atomic E-state index is 13.1. The third kappa shape index (κ3) is 2.29. The van der Waals surface area contributed by atoms with E-state index in [2.05, 4.69) is 28.7 Å². The molecule has 0 saturated carbocycles. The molecule has 2 heterocycles. The van der Waals surface area contributed by atoms with Crippen LogP contribution in [0.5, 0.6) is 0 Å². The molecule has 0 bridgehead atoms. The summed E-state index contributed by atoms with van der Waals surface area (Å²) >= 11 is 2.28. The van der Waals surface area contributed by atoms with Gasteiger partial charge in [-0.25, -0.2) is 0 Å². The number of anilines is 1. The molecule has 4 nitrogen and oxygen atoms in total. The fraction of sp³-hybridized carbons (Fsp3) is 0.278. The van der Waals surface area contributed by atoms with Crippen molar-refractivity contribution in [1.29, 1.82) is 0 Å². The topological polar surface area (TPSA) is 38.8 Å². The molecule has 1 saturated heterocycles. The molecule has 2 aliphatic rings. The summed E-state index contributed by atoms with van der Waals surface area (Å²) in [4.78, 5) is 14.9. The second-order valence-electron chi connectivity index (χ2n) is 5.83. The summed E-state index contributed by atoms with van der Waals surface area (Å²) < 4.78 is 12.6. The van der Waals surface area contributed by atoms with E-state index < -0.39 is 5.79 Å². The van der Waals surface area contributed by atoms with Crippen LogP contribution in [0.2, 0.25) is 0 Å². The highest BCUT2D eigenvalue weighted by molar-refractivity contribution is 14.1. The van der Waals surface area contributed by atoms with Crippen LogP contribution >= 0.6 is 22.6 Å². The third-order valence-corrected chi connectivity index (χ3v) is 5.06. The van der Waals surface area contributed by atoms with Crippen LogP contribution in [-0.4, -0.2) is 19.1 Å². The highest BCUT2D eigenvalue weighted by Crippen LogP contribution is 2.48. The first-order chi connectivity index (χ1) is 11.1. The standard InChI is InChI=1S/C18H16INO3/c1-12-9-14-16(15(19)10-12)20(11-13-5-3-2-4-6-13)17(21)18(14)22-7-8-23-18/h2-6,9-10H,7-8,11H2,1H3. The second kappa shape index (κ2) is 5.58. The van der Waals surface area contributed by atoms with Gasteiger partial charge in [-0.1, -0.05) is 30.3 Å². The molecule has 2 aliphatic heterocycles. The van der Waals surface area contributed by atoms with E-state index in [0.717, 1.165) is 25.9 Å². The molecule has 4 rings (SSSR count). The molecule has 0 N–H and O–H groups in total. The predicted octanol–water partition coefficient (Wildman–Crippen LogP) is 3.35. The Labute approximate surface area is 148 Å². The van der Waals surface area contributed by atoms with E-state index in [-0.39, 0.29) is 5.91 Å². The van der Waals surface area contributed by atoms with E-state index in [4.69, 9.17) is 9.47 Å². The molecule has 0 radical (unpaired) electrons. The lowest BCUT2D eigenvalue weighted by Crippen LogP contribution is -2.41. The number of hydrogen-bond acceptors (Lipinski definition) is 3. The number of fused-ring (bicyclic) bond motifs is 2. The van der Waals surface area contributed by atoms with Gasteiger partial charge in [0, 0.05) is 9.13 Å². The molecule has 0 aliphatic carbocycles. The number of rotatable bonds is 2. The van der Waals surface area contributed by atoms with Gasteiger partial charge in [-0.15, -0.1) is 0 Å². The van der Waals surface area contributed by atoms with Gasteiger partial charge in [0.1, 0.15) is 0 Å². The maximum absolute atomic E-state index is 13.1. The monoisotopic (exact) mass is 421 g/mol. The Balaban J connectivity index is 1.84. The minimum atomic E-state index is -1.25. The van der Waals surface area contributed by atoms with Crippen LogP contribution in [0, 0.1) is 10.5 Å². The van der Waals surface area contributed by atoms with Gasteiger partial charge in [0.15, 0.2) is 0 Å². The molecular weight excluding hydrogens is 405 g/mol. The predicted molar refractivity (Wildman–Crippen MR) is 95.1 cm³/mol. The molecule has 0 atom stereocenters. The Bertz CT molecular complexity index is 769. The van der Waals surface area contributed by atoms with Crippen LogP contribution in [0.15, 0.2) is 42.5 Å². The molecule has 2 aromatic rings. The van der Waals surface area contributed by atoms with Crippen molar-refractivity contribution < 1.29 is 14.3 Å². The molecular formula is C18H16INO3. The van der Waals surface area contributed by atoms with Crippen molar-refractivity contribution in [3.8, 4) is 0 Å². The SMILES string of the molecule is Cc1cc(I)c2c(c1)C1(OCCO1)C(=O)N2Cc1ccccc1. The van der Waals surface area contributed by atoms with Crippen LogP contribution < -0.4 is 4.90 Å². The lowest BCUT2D eigenvalue weighted by Gasteiger charge is -2.22. The quantitative estimate of drug-likeness (QED) is 0.699. The zero-order chi connectivity index (χ0) is 16.0. The van der Waals surface area contributed by atoms with Crippen molar-refractivity contribution in [1.82, 2.24) is 0 Å². The van der Waals surface area contributed by atoms with Crippen molar-refractivity contribution in [3.63, 3.8) is 0 Å². The Hall–Kier alpha value is -1.44. The smallest absolute Gasteiger partial charge is 0.292 e. The number of ether oxygens (including phenoxy) is 2. The summed E-state index contributed by atoms with van der Waals surface area (Å²) in [5.41, 5.74) is 3.92. The lowest BCUT2D eigenvalue weighted by atomic mass is 10.0. The number of hydrogen-bond donors (Lipinski definition) is 0. The fourth-order valence-electron chi connectivity index (χ4n) is 3.26. The largest absolute Gasteiger partial charge is 0.336 e. The zero-order valence-electron chi connectivity index (χ0n) is 12.7. The van der Waals surface area contributed by atoms with Crippen molar-refractivity contribution in [2.24, 2.45) is 0 Å². The van der Waals surface area contributed by atoms with Gasteiger partial charge in [-0.2, -0.15) is 0 Å². The van der Waals surface area contributed by atoms with Crippen LogP contribution in [-0.2, 0) is 26.6 Å². The first kappa shape index (κ1) is 15.1. The molecule has 5 heteroatoms. The minimum absolute atomic E-state index is 0.127. The molecule has 1 amide bonds. The third-order valence-electron chi connectivity index (χ3n) is 4.24. The Morgan fingerprint density at radius 1 is 1.17 bits per heavy atom. The van der Waals surface area contributed by atoms with Gasteiger partial charge in [-0.05, 0) is 52.8 Å². The van der Waals surface area contributed by atoms with Crippen LogP contribution in [0.3, 0.4) is 0 Å². The summed E-state index contributed by atoms with van der Waals surface area (Å²) in [7, 11) is 0. The number of halogens is 1. The lowest BCUT2D eigenvalue weighted by molar-refractivity contribution is -0.180. The van der Waals surface area contributed by atoms with Crippen LogP contribution in [0.25, 0.3) is 0 Å². The molecule has 118 valence electrons. The molecule has 0 aromatic heterocycles. The van der Waals surface area contributed by atoms with Gasteiger partial charge in [0.25, 0.3) is 11.7 Å². The van der Waals surface area contributed by atoms with E-state index in [1.54, 1.807) is 4.90 Å². The highest BCUT2D eigenvalue weighted by atomic mass is 127. The molecule has 0 unspecified atom stereocenters. The van der Waals surface area contributed by atoms with Crippen molar-refractivity contribution >= 4 is 34.2 Å². The summed E-state index contributed by atoms with van der Waals surface area (Å²) in [6.45, 7) is 3.42. The van der Waals surface area contributed by atoms with Crippen molar-refractivity contribution in [2.75, 3.05) is 18.1 Å². The Kier molecular flexibility index (Phi) is 3.66. The summed E-state index contributed by atoms with van der Waals surface area (Å²) in [5, 5.41) is 0. The Morgan fingerprint density at radius 3 is 2.57 bits per heavy atom. The average Bonchev–Trinajstić information content (AvgIpc) is 3.10. The zero-order valence-corrected chi connectivity index (χ0v) is 14.9. The Morgan fingerprint density at radius 2 is 1.87 bits per heavy atom. The number of carbonyl (C=O) groups is 1. The highest BCUT2D eigenvalue weighted by Gasteiger charge is 2.56. The second-order valence-corrected chi connectivity index (χ2v) is 7.00. The van der Waals surface area contributed by atoms with E-state index in [1.165, 1.54) is 0 Å². The first-order valence-corrected chi connectivity index (χ1v) is 8.64. The van der Waals surface area contributed by atoms with E-state index >= 15 is 0 Å². The van der Waals surface area contributed by atoms with Gasteiger partial charge in [0.05, 0.1) is 25.4 Å². The van der Waals surface area contributed by atoms with Gasteiger partial charge >= 0.3 is 0 Å². The molecule has 1 spiro atoms. The van der Waals surface area contributed by atoms with Crippen molar-refractivity contribution in [2.45, 2.75) is 19.3 Å². The van der Waals surface area contributed by atoms with E-state index in [1.807, 2.05) is 43.3 Å². The van der Waals surface area contributed by atoms with Crippen molar-refractivity contribution in [3.05, 3.63) is 62.7 Å². The molecule has 2 aromatic carbocycles. The van der Waals surface area contributed by atoms with Gasteiger partial charge in [-0.3, -0.25) is 4.79 Å². The number of amides is 1. The van der Waals surface area contributed by atoms with Crippen LogP contribution in [0.1, 0.15) is 16.7 Å². The minimum Gasteiger partial charge on any atom is -0.336 e. The number of aryl methyl sites for hydroxylation is 1. The van der Waals surface area contributed by atoms with Gasteiger partial charge in [0.2, 0.25) is 0 Å². The first-order valence-electron chi connectivity index (χ1n) is 7.56. The normalized spacial score (nSPS) is 18.7. The van der Waals surface area contributed by atoms with E-state index in [9.17, 15) is 4.79 Å². The average molecular weight is 421 g/mol. The molecule has 1 fully saturated rings. The number of carbonyl (C=O) groups excluding carboxylic acids is 1. The summed E-state index contributed by atoms with van der Waals surface area (Å²) in [6.07, 6.45) is 0. The summed E-state index contributed by atoms with van der Waals surface area (Å²) in [6, 6.07) is 14.1. The van der Waals surface area contributed by atoms with E-state index in [0.29, 0.717) is 19.8 Å². The van der Waals surface area contributed by atoms with Gasteiger partial charge < -0.3 is 14.4 Å². The molecule has 23 heavy (non-hydrogen) atoms. The van der Waals surface area contributed by atoms with Crippen LogP contribution in [0.4, 0.5) is 5.69 Å². The fourth-order valence-corrected chi connectivity index (χ4v) is 4.34. The number of nitrogens with zero attached hydrogens (tertiary/aromatic N) is 1. The summed E-state index contributed by atoms with van der Waals surface area (Å²) in [5.74, 6) is -1.38. The maximum Gasteiger partial charge on any atom is 0.292 e.